The first-order chi connectivity index (χ1) is 12.9. The molecule has 3 rings (SSSR count). The number of rotatable bonds is 4. The Bertz CT molecular complexity index is 881. The van der Waals surface area contributed by atoms with Gasteiger partial charge in [-0.1, -0.05) is 37.6 Å². The van der Waals surface area contributed by atoms with Gasteiger partial charge in [0.25, 0.3) is 0 Å². The normalized spacial score (nSPS) is 33.4. The van der Waals surface area contributed by atoms with Crippen LogP contribution in [0, 0.1) is 56.2 Å². The van der Waals surface area contributed by atoms with Gasteiger partial charge in [-0.25, -0.2) is 0 Å². The maximum atomic E-state index is 10.2. The van der Waals surface area contributed by atoms with Gasteiger partial charge in [0, 0.05) is 11.4 Å². The van der Waals surface area contributed by atoms with Crippen LogP contribution in [-0.2, 0) is 9.47 Å². The predicted octanol–water partition coefficient (Wildman–Crippen LogP) is 4.48. The maximum absolute atomic E-state index is 10.2. The highest BCUT2D eigenvalue weighted by Gasteiger charge is 2.79. The first kappa shape index (κ1) is 19.2. The van der Waals surface area contributed by atoms with Crippen molar-refractivity contribution in [2.75, 3.05) is 0 Å². The lowest BCUT2D eigenvalue weighted by molar-refractivity contribution is -0.286. The van der Waals surface area contributed by atoms with Gasteiger partial charge < -0.3 is 9.47 Å². The summed E-state index contributed by atoms with van der Waals surface area (Å²) in [6.07, 6.45) is 0.551. The fraction of sp³-hybridized carbons (Fsp3) is 0.500. The molecule has 2 bridgehead atoms. The Balaban J connectivity index is 2.33. The van der Waals surface area contributed by atoms with Crippen LogP contribution in [0.2, 0.25) is 5.02 Å². The minimum absolute atomic E-state index is 0.357. The zero-order valence-electron chi connectivity index (χ0n) is 15.1. The standard InChI is InChI=1S/C20H19ClN4O2/c1-3-9-20-15(4-2)19(12-24,17(25)27-20)18(10-22,11-23)16(26-20)13-5-7-14(21)8-6-13/h5-8,15-16,25H,3-4,9H2,1-2H3. The van der Waals surface area contributed by atoms with Crippen LogP contribution in [-0.4, -0.2) is 11.7 Å². The number of halogens is 1. The minimum Gasteiger partial charge on any atom is -0.447 e. The molecule has 2 aliphatic heterocycles. The summed E-state index contributed by atoms with van der Waals surface area (Å²) in [7, 11) is 0. The van der Waals surface area contributed by atoms with Gasteiger partial charge in [0.15, 0.2) is 5.41 Å². The van der Waals surface area contributed by atoms with E-state index in [1.807, 2.05) is 26.0 Å². The second-order valence-corrected chi connectivity index (χ2v) is 7.39. The predicted molar refractivity (Wildman–Crippen MR) is 97.2 cm³/mol. The number of nitrogens with zero attached hydrogens (tertiary/aromatic N) is 3. The van der Waals surface area contributed by atoms with E-state index in [9.17, 15) is 15.8 Å². The Hall–Kier alpha value is -2.59. The van der Waals surface area contributed by atoms with Gasteiger partial charge in [-0.15, -0.1) is 0 Å². The van der Waals surface area contributed by atoms with Gasteiger partial charge >= 0.3 is 0 Å². The highest BCUT2D eigenvalue weighted by molar-refractivity contribution is 6.30. The monoisotopic (exact) mass is 382 g/mol. The molecule has 0 radical (unpaired) electrons. The molecule has 1 aromatic rings. The van der Waals surface area contributed by atoms with Gasteiger partial charge in [-0.05, 0) is 30.5 Å². The summed E-state index contributed by atoms with van der Waals surface area (Å²) < 4.78 is 12.2. The van der Waals surface area contributed by atoms with Gasteiger partial charge in [0.2, 0.25) is 17.1 Å². The fourth-order valence-corrected chi connectivity index (χ4v) is 4.73. The number of hydrogen-bond acceptors (Lipinski definition) is 6. The van der Waals surface area contributed by atoms with E-state index >= 15 is 0 Å². The molecule has 0 spiro atoms. The topological polar surface area (TPSA) is 114 Å². The van der Waals surface area contributed by atoms with E-state index in [-0.39, 0.29) is 5.90 Å². The van der Waals surface area contributed by atoms with Crippen molar-refractivity contribution in [1.82, 2.24) is 0 Å². The molecule has 138 valence electrons. The fourth-order valence-electron chi connectivity index (χ4n) is 4.61. The quantitative estimate of drug-likeness (QED) is 0.824. The molecule has 27 heavy (non-hydrogen) atoms. The number of benzene rings is 1. The van der Waals surface area contributed by atoms with Crippen molar-refractivity contribution in [2.45, 2.75) is 45.0 Å². The van der Waals surface area contributed by atoms with Crippen molar-refractivity contribution in [1.29, 1.82) is 21.2 Å². The van der Waals surface area contributed by atoms with E-state index in [2.05, 4.69) is 6.07 Å². The molecule has 0 amide bonds. The molecular weight excluding hydrogens is 364 g/mol. The summed E-state index contributed by atoms with van der Waals surface area (Å²) in [6, 6.07) is 12.9. The van der Waals surface area contributed by atoms with Crippen LogP contribution < -0.4 is 0 Å². The SMILES string of the molecule is CCCC12OC(=N)C(C#N)(C1CC)C(C#N)(C#N)C(c1ccc(Cl)cc1)O2. The van der Waals surface area contributed by atoms with Gasteiger partial charge in [0.05, 0.1) is 24.1 Å². The van der Waals surface area contributed by atoms with E-state index in [4.69, 9.17) is 26.5 Å². The van der Waals surface area contributed by atoms with Crippen molar-refractivity contribution in [2.24, 2.45) is 16.7 Å². The molecule has 2 saturated heterocycles. The molecule has 0 aliphatic carbocycles. The van der Waals surface area contributed by atoms with E-state index in [0.29, 0.717) is 29.8 Å². The van der Waals surface area contributed by atoms with Crippen molar-refractivity contribution >= 4 is 17.5 Å². The second kappa shape index (κ2) is 6.54. The number of ether oxygens (including phenoxy) is 2. The summed E-state index contributed by atoms with van der Waals surface area (Å²) in [5, 5.41) is 39.4. The molecule has 7 heteroatoms. The Morgan fingerprint density at radius 3 is 2.22 bits per heavy atom. The third kappa shape index (κ3) is 2.23. The van der Waals surface area contributed by atoms with Crippen LogP contribution in [0.4, 0.5) is 0 Å². The van der Waals surface area contributed by atoms with Crippen LogP contribution >= 0.6 is 11.6 Å². The molecular formula is C20H19ClN4O2. The number of hydrogen-bond donors (Lipinski definition) is 1. The first-order valence-electron chi connectivity index (χ1n) is 8.86. The van der Waals surface area contributed by atoms with Crippen molar-refractivity contribution in [3.8, 4) is 18.2 Å². The lowest BCUT2D eigenvalue weighted by Crippen LogP contribution is -2.59. The van der Waals surface area contributed by atoms with Crippen LogP contribution in [0.25, 0.3) is 0 Å². The van der Waals surface area contributed by atoms with Gasteiger partial charge in [-0.3, -0.25) is 5.41 Å². The van der Waals surface area contributed by atoms with E-state index in [1.54, 1.807) is 24.3 Å². The van der Waals surface area contributed by atoms with Crippen molar-refractivity contribution < 1.29 is 9.47 Å². The molecule has 1 N–H and O–H groups in total. The third-order valence-corrected chi connectivity index (χ3v) is 5.98. The maximum Gasteiger partial charge on any atom is 0.217 e. The summed E-state index contributed by atoms with van der Waals surface area (Å²) in [4.78, 5) is 0. The highest BCUT2D eigenvalue weighted by atomic mass is 35.5. The Morgan fingerprint density at radius 1 is 1.11 bits per heavy atom. The van der Waals surface area contributed by atoms with Gasteiger partial charge in [0.1, 0.15) is 6.10 Å². The summed E-state index contributed by atoms with van der Waals surface area (Å²) in [5.74, 6) is -2.16. The summed E-state index contributed by atoms with van der Waals surface area (Å²) in [5.41, 5.74) is -3.07. The molecule has 4 unspecified atom stereocenters. The van der Waals surface area contributed by atoms with E-state index < -0.39 is 28.6 Å². The van der Waals surface area contributed by atoms with Crippen LogP contribution in [0.5, 0.6) is 0 Å². The molecule has 6 nitrogen and oxygen atoms in total. The Kier molecular flexibility index (Phi) is 4.64. The Morgan fingerprint density at radius 2 is 1.74 bits per heavy atom. The van der Waals surface area contributed by atoms with Crippen LogP contribution in [0.15, 0.2) is 24.3 Å². The largest absolute Gasteiger partial charge is 0.447 e. The lowest BCUT2D eigenvalue weighted by atomic mass is 9.52. The summed E-state index contributed by atoms with van der Waals surface area (Å²) >= 11 is 5.98. The van der Waals surface area contributed by atoms with Crippen molar-refractivity contribution in [3.05, 3.63) is 34.9 Å². The minimum atomic E-state index is -1.92. The molecule has 2 heterocycles. The molecule has 4 atom stereocenters. The highest BCUT2D eigenvalue weighted by Crippen LogP contribution is 2.68. The molecule has 2 aliphatic rings. The number of nitriles is 3. The molecule has 2 fully saturated rings. The van der Waals surface area contributed by atoms with Gasteiger partial charge in [-0.2, -0.15) is 15.8 Å². The average Bonchev–Trinajstić information content (AvgIpc) is 2.86. The number of nitrogens with one attached hydrogen (secondary N) is 1. The Labute approximate surface area is 163 Å². The smallest absolute Gasteiger partial charge is 0.217 e. The molecule has 0 aromatic heterocycles. The number of fused-ring (bicyclic) bond motifs is 2. The third-order valence-electron chi connectivity index (χ3n) is 5.73. The zero-order chi connectivity index (χ0) is 19.9. The van der Waals surface area contributed by atoms with Crippen LogP contribution in [0.3, 0.4) is 0 Å². The molecule has 0 saturated carbocycles. The van der Waals surface area contributed by atoms with E-state index in [0.717, 1.165) is 0 Å². The molecule has 1 aromatic carbocycles. The summed E-state index contributed by atoms with van der Waals surface area (Å²) in [6.45, 7) is 3.81. The average molecular weight is 383 g/mol. The van der Waals surface area contributed by atoms with Crippen LogP contribution in [0.1, 0.15) is 44.8 Å². The lowest BCUT2D eigenvalue weighted by Gasteiger charge is -2.49. The first-order valence-corrected chi connectivity index (χ1v) is 9.24. The zero-order valence-corrected chi connectivity index (χ0v) is 15.9. The van der Waals surface area contributed by atoms with E-state index in [1.165, 1.54) is 0 Å². The van der Waals surface area contributed by atoms with Crippen molar-refractivity contribution in [3.63, 3.8) is 0 Å². The second-order valence-electron chi connectivity index (χ2n) is 6.95.